The third kappa shape index (κ3) is 5.71. The SMILES string of the molecule is CC(/C=C(\ON)C(C)(C)C)Nc1ccc(-n2nc(-c3ccc(S(=O)C(C)C)cc3)c3c(N)ncnc32)cc1. The molecule has 2 atom stereocenters. The minimum absolute atomic E-state index is 0.00343. The summed E-state index contributed by atoms with van der Waals surface area (Å²) in [6, 6.07) is 15.4. The summed E-state index contributed by atoms with van der Waals surface area (Å²) in [5.74, 6) is 6.54. The summed E-state index contributed by atoms with van der Waals surface area (Å²) >= 11 is 0. The minimum atomic E-state index is -1.07. The normalized spacial score (nSPS) is 14.1. The third-order valence-electron chi connectivity index (χ3n) is 6.06. The summed E-state index contributed by atoms with van der Waals surface area (Å²) in [5.41, 5.74) is 9.96. The van der Waals surface area contributed by atoms with E-state index >= 15 is 0 Å². The lowest BCUT2D eigenvalue weighted by Crippen LogP contribution is -2.20. The van der Waals surface area contributed by atoms with Gasteiger partial charge in [-0.1, -0.05) is 46.8 Å². The standard InChI is InChI=1S/C28H35N7O2S/c1-17(2)38(36)22-13-7-19(8-14-22)25-24-26(29)31-16-32-27(24)35(34-25)21-11-9-20(10-12-21)33-18(3)15-23(37-30)28(4,5)6/h7-18,33H,30H2,1-6H3,(H2,29,31,32)/b23-15-. The molecule has 2 aromatic heterocycles. The Balaban J connectivity index is 1.66. The predicted molar refractivity (Wildman–Crippen MR) is 154 cm³/mol. The van der Waals surface area contributed by atoms with Crippen LogP contribution in [-0.4, -0.2) is 35.2 Å². The van der Waals surface area contributed by atoms with Crippen LogP contribution in [0.1, 0.15) is 41.5 Å². The summed E-state index contributed by atoms with van der Waals surface area (Å²) in [7, 11) is -1.07. The second kappa shape index (κ2) is 10.9. The fraction of sp³-hybridized carbons (Fsp3) is 0.321. The van der Waals surface area contributed by atoms with Gasteiger partial charge in [0, 0.05) is 32.9 Å². The van der Waals surface area contributed by atoms with Crippen LogP contribution in [0.15, 0.2) is 71.6 Å². The number of fused-ring (bicyclic) bond motifs is 1. The van der Waals surface area contributed by atoms with Crippen LogP contribution in [0.25, 0.3) is 28.0 Å². The molecule has 2 heterocycles. The van der Waals surface area contributed by atoms with Crippen molar-refractivity contribution in [2.24, 2.45) is 11.3 Å². The number of nitrogens with zero attached hydrogens (tertiary/aromatic N) is 4. The smallest absolute Gasteiger partial charge is 0.169 e. The predicted octanol–water partition coefficient (Wildman–Crippen LogP) is 5.20. The molecule has 0 fully saturated rings. The lowest BCUT2D eigenvalue weighted by atomic mass is 9.92. The first-order chi connectivity index (χ1) is 18.0. The van der Waals surface area contributed by atoms with E-state index in [1.54, 1.807) is 4.68 Å². The maximum absolute atomic E-state index is 12.5. The molecule has 0 aliphatic heterocycles. The van der Waals surface area contributed by atoms with Crippen LogP contribution >= 0.6 is 0 Å². The fourth-order valence-corrected chi connectivity index (χ4v) is 5.02. The Bertz CT molecular complexity index is 1470. The van der Waals surface area contributed by atoms with Gasteiger partial charge in [0.05, 0.1) is 21.9 Å². The molecule has 200 valence electrons. The van der Waals surface area contributed by atoms with Crippen LogP contribution < -0.4 is 16.9 Å². The van der Waals surface area contributed by atoms with E-state index in [0.29, 0.717) is 28.3 Å². The molecule has 4 rings (SSSR count). The van der Waals surface area contributed by atoms with Crippen molar-refractivity contribution in [3.63, 3.8) is 0 Å². The maximum Gasteiger partial charge on any atom is 0.169 e. The largest absolute Gasteiger partial charge is 0.416 e. The van der Waals surface area contributed by atoms with Gasteiger partial charge in [-0.2, -0.15) is 11.0 Å². The molecule has 5 N–H and O–H groups in total. The van der Waals surface area contributed by atoms with Crippen LogP contribution in [0, 0.1) is 5.41 Å². The van der Waals surface area contributed by atoms with Crippen molar-refractivity contribution in [2.75, 3.05) is 11.1 Å². The van der Waals surface area contributed by atoms with Gasteiger partial charge in [-0.3, -0.25) is 4.21 Å². The van der Waals surface area contributed by atoms with Crippen molar-refractivity contribution in [3.05, 3.63) is 66.7 Å². The highest BCUT2D eigenvalue weighted by atomic mass is 32.2. The third-order valence-corrected chi connectivity index (χ3v) is 7.65. The average molecular weight is 534 g/mol. The van der Waals surface area contributed by atoms with Gasteiger partial charge < -0.3 is 15.9 Å². The van der Waals surface area contributed by atoms with Gasteiger partial charge in [0.25, 0.3) is 0 Å². The lowest BCUT2D eigenvalue weighted by molar-refractivity contribution is 0.154. The summed E-state index contributed by atoms with van der Waals surface area (Å²) in [6.07, 6.45) is 3.41. The zero-order valence-electron chi connectivity index (χ0n) is 22.6. The zero-order valence-corrected chi connectivity index (χ0v) is 23.4. The van der Waals surface area contributed by atoms with Gasteiger partial charge in [0.2, 0.25) is 0 Å². The Morgan fingerprint density at radius 3 is 2.29 bits per heavy atom. The summed E-state index contributed by atoms with van der Waals surface area (Å²) in [5, 5.41) is 9.02. The van der Waals surface area contributed by atoms with Crippen molar-refractivity contribution in [1.29, 1.82) is 0 Å². The molecule has 9 nitrogen and oxygen atoms in total. The second-order valence-corrected chi connectivity index (χ2v) is 12.5. The molecule has 0 aliphatic carbocycles. The molecular weight excluding hydrogens is 498 g/mol. The van der Waals surface area contributed by atoms with E-state index in [4.69, 9.17) is 21.6 Å². The number of benzene rings is 2. The number of anilines is 2. The van der Waals surface area contributed by atoms with E-state index in [0.717, 1.165) is 21.8 Å². The molecule has 0 saturated heterocycles. The van der Waals surface area contributed by atoms with Gasteiger partial charge in [0.15, 0.2) is 5.65 Å². The fourth-order valence-electron chi connectivity index (χ4n) is 4.07. The van der Waals surface area contributed by atoms with Gasteiger partial charge in [-0.05, 0) is 49.4 Å². The Morgan fingerprint density at radius 2 is 1.71 bits per heavy atom. The summed E-state index contributed by atoms with van der Waals surface area (Å²) < 4.78 is 14.2. The number of hydrogen-bond donors (Lipinski definition) is 3. The topological polar surface area (TPSA) is 134 Å². The van der Waals surface area contributed by atoms with Crippen molar-refractivity contribution in [1.82, 2.24) is 19.7 Å². The van der Waals surface area contributed by atoms with Gasteiger partial charge in [-0.15, -0.1) is 0 Å². The number of nitrogens with two attached hydrogens (primary N) is 2. The zero-order chi connectivity index (χ0) is 27.6. The van der Waals surface area contributed by atoms with E-state index in [1.807, 2.05) is 96.1 Å². The van der Waals surface area contributed by atoms with Crippen molar-refractivity contribution in [2.45, 2.75) is 57.7 Å². The summed E-state index contributed by atoms with van der Waals surface area (Å²) in [6.45, 7) is 12.1. The molecule has 0 aliphatic rings. The van der Waals surface area contributed by atoms with Crippen molar-refractivity contribution < 1.29 is 9.05 Å². The Kier molecular flexibility index (Phi) is 7.84. The molecule has 10 heteroatoms. The monoisotopic (exact) mass is 533 g/mol. The van der Waals surface area contributed by atoms with Crippen LogP contribution in [0.2, 0.25) is 0 Å². The molecule has 0 saturated carbocycles. The number of rotatable bonds is 8. The van der Waals surface area contributed by atoms with E-state index < -0.39 is 10.8 Å². The number of aromatic nitrogens is 4. The molecule has 0 radical (unpaired) electrons. The van der Waals surface area contributed by atoms with Crippen LogP contribution in [0.5, 0.6) is 0 Å². The second-order valence-electron chi connectivity index (χ2n) is 10.5. The maximum atomic E-state index is 12.5. The van der Waals surface area contributed by atoms with Gasteiger partial charge in [-0.25, -0.2) is 14.6 Å². The van der Waals surface area contributed by atoms with Gasteiger partial charge >= 0.3 is 0 Å². The van der Waals surface area contributed by atoms with Crippen molar-refractivity contribution in [3.8, 4) is 16.9 Å². The Hall–Kier alpha value is -3.76. The quantitative estimate of drug-likeness (QED) is 0.208. The Morgan fingerprint density at radius 1 is 1.05 bits per heavy atom. The molecular formula is C28H35N7O2S. The first kappa shape index (κ1) is 27.3. The molecule has 0 bridgehead atoms. The number of nitrogens with one attached hydrogen (secondary N) is 1. The lowest BCUT2D eigenvalue weighted by Gasteiger charge is -2.22. The molecule has 38 heavy (non-hydrogen) atoms. The number of hydrogen-bond acceptors (Lipinski definition) is 8. The van der Waals surface area contributed by atoms with Crippen LogP contribution in [0.3, 0.4) is 0 Å². The van der Waals surface area contributed by atoms with Crippen molar-refractivity contribution >= 4 is 33.3 Å². The highest BCUT2D eigenvalue weighted by Gasteiger charge is 2.20. The van der Waals surface area contributed by atoms with E-state index in [2.05, 4.69) is 15.3 Å². The molecule has 4 aromatic rings. The molecule has 2 unspecified atom stereocenters. The number of allylic oxidation sites excluding steroid dienone is 1. The highest BCUT2D eigenvalue weighted by molar-refractivity contribution is 7.85. The molecule has 2 aromatic carbocycles. The Labute approximate surface area is 225 Å². The highest BCUT2D eigenvalue weighted by Crippen LogP contribution is 2.32. The van der Waals surface area contributed by atoms with Gasteiger partial charge in [0.1, 0.15) is 23.6 Å². The number of nitrogen functional groups attached to an aromatic ring is 1. The average Bonchev–Trinajstić information content (AvgIpc) is 3.27. The first-order valence-corrected chi connectivity index (χ1v) is 13.7. The minimum Gasteiger partial charge on any atom is -0.416 e. The first-order valence-electron chi connectivity index (χ1n) is 12.5. The molecule has 0 amide bonds. The van der Waals surface area contributed by atoms with Crippen LogP contribution in [-0.2, 0) is 15.6 Å². The molecule has 0 spiro atoms. The van der Waals surface area contributed by atoms with E-state index in [-0.39, 0.29) is 16.7 Å². The van der Waals surface area contributed by atoms with E-state index in [9.17, 15) is 4.21 Å². The summed E-state index contributed by atoms with van der Waals surface area (Å²) in [4.78, 5) is 14.5. The van der Waals surface area contributed by atoms with E-state index in [1.165, 1.54) is 6.33 Å². The van der Waals surface area contributed by atoms with Crippen LogP contribution in [0.4, 0.5) is 11.5 Å².